The topological polar surface area (TPSA) is 36.1 Å². The average molecular weight is 230 g/mol. The molecule has 0 bridgehead atoms. The highest BCUT2D eigenvalue weighted by Gasteiger charge is 2.10. The van der Waals surface area contributed by atoms with Crippen molar-refractivity contribution >= 4 is 10.8 Å². The third-order valence-electron chi connectivity index (χ3n) is 2.95. The summed E-state index contributed by atoms with van der Waals surface area (Å²) < 4.78 is 0. The zero-order chi connectivity index (χ0) is 12.4. The first-order chi connectivity index (χ1) is 8.13. The Morgan fingerprint density at radius 1 is 1.18 bits per heavy atom. The molecule has 0 aliphatic carbocycles. The van der Waals surface area contributed by atoms with Crippen LogP contribution in [0.15, 0.2) is 29.1 Å². The van der Waals surface area contributed by atoms with Gasteiger partial charge in [-0.15, -0.1) is 0 Å². The van der Waals surface area contributed by atoms with Crippen molar-refractivity contribution in [1.82, 2.24) is 9.88 Å². The smallest absolute Gasteiger partial charge is 0.256 e. The Morgan fingerprint density at radius 3 is 2.41 bits per heavy atom. The molecule has 0 fully saturated rings. The van der Waals surface area contributed by atoms with Crippen molar-refractivity contribution in [3.8, 4) is 0 Å². The van der Waals surface area contributed by atoms with E-state index in [1.54, 1.807) is 0 Å². The van der Waals surface area contributed by atoms with Gasteiger partial charge in [0.05, 0.1) is 0 Å². The van der Waals surface area contributed by atoms with Crippen LogP contribution in [-0.2, 0) is 13.0 Å². The Bertz CT molecular complexity index is 584. The molecule has 2 rings (SSSR count). The van der Waals surface area contributed by atoms with Crippen molar-refractivity contribution < 1.29 is 0 Å². The number of benzene rings is 1. The summed E-state index contributed by atoms with van der Waals surface area (Å²) in [7, 11) is 4.08. The molecule has 1 aromatic carbocycles. The van der Waals surface area contributed by atoms with Gasteiger partial charge in [0.25, 0.3) is 5.56 Å². The van der Waals surface area contributed by atoms with Crippen LogP contribution in [-0.4, -0.2) is 24.0 Å². The van der Waals surface area contributed by atoms with E-state index < -0.39 is 0 Å². The molecule has 1 N–H and O–H groups in total. The molecule has 0 saturated heterocycles. The molecular weight excluding hydrogens is 212 g/mol. The standard InChI is InChI=1S/C14H18N2O/c1-4-13-12(9-16(2)3)10-7-5-6-8-11(10)14(17)15-13/h5-8H,4,9H2,1-3H3,(H,15,17). The molecule has 1 aromatic heterocycles. The van der Waals surface area contributed by atoms with Crippen LogP contribution in [0.2, 0.25) is 0 Å². The van der Waals surface area contributed by atoms with Crippen molar-refractivity contribution in [2.24, 2.45) is 0 Å². The molecule has 90 valence electrons. The molecule has 3 nitrogen and oxygen atoms in total. The fourth-order valence-corrected chi connectivity index (χ4v) is 2.19. The number of nitrogens with one attached hydrogen (secondary N) is 1. The second-order valence-electron chi connectivity index (χ2n) is 4.55. The monoisotopic (exact) mass is 230 g/mol. The first-order valence-corrected chi connectivity index (χ1v) is 5.91. The van der Waals surface area contributed by atoms with Gasteiger partial charge >= 0.3 is 0 Å². The van der Waals surface area contributed by atoms with Gasteiger partial charge in [-0.05, 0) is 37.5 Å². The number of hydrogen-bond donors (Lipinski definition) is 1. The lowest BCUT2D eigenvalue weighted by atomic mass is 10.0. The number of fused-ring (bicyclic) bond motifs is 1. The molecule has 0 aliphatic heterocycles. The highest BCUT2D eigenvalue weighted by atomic mass is 16.1. The summed E-state index contributed by atoms with van der Waals surface area (Å²) in [5.74, 6) is 0. The molecule has 0 amide bonds. The van der Waals surface area contributed by atoms with E-state index in [1.165, 1.54) is 5.56 Å². The van der Waals surface area contributed by atoms with Crippen molar-refractivity contribution in [1.29, 1.82) is 0 Å². The number of hydrogen-bond acceptors (Lipinski definition) is 2. The zero-order valence-corrected chi connectivity index (χ0v) is 10.6. The van der Waals surface area contributed by atoms with Crippen molar-refractivity contribution in [2.45, 2.75) is 19.9 Å². The second-order valence-corrected chi connectivity index (χ2v) is 4.55. The Labute approximate surface area is 101 Å². The average Bonchev–Trinajstić information content (AvgIpc) is 2.32. The van der Waals surface area contributed by atoms with Crippen LogP contribution in [0, 0.1) is 0 Å². The molecule has 0 saturated carbocycles. The number of aromatic nitrogens is 1. The Hall–Kier alpha value is -1.61. The van der Waals surface area contributed by atoms with E-state index >= 15 is 0 Å². The number of aromatic amines is 1. The predicted molar refractivity (Wildman–Crippen MR) is 71.3 cm³/mol. The minimum Gasteiger partial charge on any atom is -0.325 e. The lowest BCUT2D eigenvalue weighted by molar-refractivity contribution is 0.402. The van der Waals surface area contributed by atoms with Crippen molar-refractivity contribution in [3.63, 3.8) is 0 Å². The van der Waals surface area contributed by atoms with Crippen molar-refractivity contribution in [2.75, 3.05) is 14.1 Å². The molecule has 17 heavy (non-hydrogen) atoms. The van der Waals surface area contributed by atoms with E-state index in [4.69, 9.17) is 0 Å². The third kappa shape index (κ3) is 2.24. The fraction of sp³-hybridized carbons (Fsp3) is 0.357. The normalized spacial score (nSPS) is 11.3. The van der Waals surface area contributed by atoms with E-state index in [-0.39, 0.29) is 5.56 Å². The number of pyridine rings is 1. The van der Waals surface area contributed by atoms with Crippen LogP contribution >= 0.6 is 0 Å². The summed E-state index contributed by atoms with van der Waals surface area (Å²) in [6, 6.07) is 7.80. The highest BCUT2D eigenvalue weighted by molar-refractivity contribution is 5.85. The molecule has 0 radical (unpaired) electrons. The Kier molecular flexibility index (Phi) is 3.29. The summed E-state index contributed by atoms with van der Waals surface area (Å²) in [5.41, 5.74) is 2.29. The minimum absolute atomic E-state index is 0.0138. The van der Waals surface area contributed by atoms with E-state index in [0.29, 0.717) is 0 Å². The maximum absolute atomic E-state index is 11.9. The van der Waals surface area contributed by atoms with E-state index in [9.17, 15) is 4.79 Å². The van der Waals surface area contributed by atoms with Crippen LogP contribution in [0.3, 0.4) is 0 Å². The number of aryl methyl sites for hydroxylation is 1. The summed E-state index contributed by atoms with van der Waals surface area (Å²) in [6.07, 6.45) is 0.850. The number of nitrogens with zero attached hydrogens (tertiary/aromatic N) is 1. The van der Waals surface area contributed by atoms with E-state index in [1.807, 2.05) is 38.4 Å². The van der Waals surface area contributed by atoms with Crippen LogP contribution < -0.4 is 5.56 Å². The summed E-state index contributed by atoms with van der Waals surface area (Å²) in [5, 5.41) is 1.85. The minimum atomic E-state index is 0.0138. The van der Waals surface area contributed by atoms with Gasteiger partial charge in [0, 0.05) is 17.6 Å². The van der Waals surface area contributed by atoms with Crippen LogP contribution in [0.1, 0.15) is 18.2 Å². The number of H-pyrrole nitrogens is 1. The largest absolute Gasteiger partial charge is 0.325 e. The molecule has 1 heterocycles. The molecule has 0 aliphatic rings. The maximum Gasteiger partial charge on any atom is 0.256 e. The van der Waals surface area contributed by atoms with E-state index in [2.05, 4.69) is 16.8 Å². The summed E-state index contributed by atoms with van der Waals surface area (Å²) >= 11 is 0. The van der Waals surface area contributed by atoms with Gasteiger partial charge < -0.3 is 9.88 Å². The molecule has 2 aromatic rings. The molecular formula is C14H18N2O. The summed E-state index contributed by atoms with van der Waals surface area (Å²) in [6.45, 7) is 2.92. The van der Waals surface area contributed by atoms with Gasteiger partial charge in [0.1, 0.15) is 0 Å². The first-order valence-electron chi connectivity index (χ1n) is 5.91. The summed E-state index contributed by atoms with van der Waals surface area (Å²) in [4.78, 5) is 17.0. The van der Waals surface area contributed by atoms with Gasteiger partial charge in [0.15, 0.2) is 0 Å². The zero-order valence-electron chi connectivity index (χ0n) is 10.6. The van der Waals surface area contributed by atoms with Crippen LogP contribution in [0.25, 0.3) is 10.8 Å². The highest BCUT2D eigenvalue weighted by Crippen LogP contribution is 2.19. The van der Waals surface area contributed by atoms with Gasteiger partial charge in [-0.1, -0.05) is 25.1 Å². The second kappa shape index (κ2) is 4.72. The van der Waals surface area contributed by atoms with Crippen molar-refractivity contribution in [3.05, 3.63) is 45.9 Å². The molecule has 0 spiro atoms. The quantitative estimate of drug-likeness (QED) is 0.877. The Balaban J connectivity index is 2.76. The third-order valence-corrected chi connectivity index (χ3v) is 2.95. The lowest BCUT2D eigenvalue weighted by Gasteiger charge is -2.15. The number of rotatable bonds is 3. The molecule has 0 unspecified atom stereocenters. The fourth-order valence-electron chi connectivity index (χ4n) is 2.19. The lowest BCUT2D eigenvalue weighted by Crippen LogP contribution is -2.18. The van der Waals surface area contributed by atoms with Gasteiger partial charge in [-0.3, -0.25) is 4.79 Å². The predicted octanol–water partition coefficient (Wildman–Crippen LogP) is 2.15. The molecule has 3 heteroatoms. The Morgan fingerprint density at radius 2 is 1.82 bits per heavy atom. The van der Waals surface area contributed by atoms with Crippen LogP contribution in [0.5, 0.6) is 0 Å². The van der Waals surface area contributed by atoms with Gasteiger partial charge in [-0.2, -0.15) is 0 Å². The van der Waals surface area contributed by atoms with E-state index in [0.717, 1.165) is 29.4 Å². The first kappa shape index (κ1) is 11.9. The molecule has 0 atom stereocenters. The SMILES string of the molecule is CCc1[nH]c(=O)c2ccccc2c1CN(C)C. The maximum atomic E-state index is 11.9. The van der Waals surface area contributed by atoms with Gasteiger partial charge in [0.2, 0.25) is 0 Å². The van der Waals surface area contributed by atoms with Crippen LogP contribution in [0.4, 0.5) is 0 Å². The van der Waals surface area contributed by atoms with Gasteiger partial charge in [-0.25, -0.2) is 0 Å².